The van der Waals surface area contributed by atoms with Crippen molar-refractivity contribution in [2.45, 2.75) is 67.7 Å². The van der Waals surface area contributed by atoms with Crippen LogP contribution < -0.4 is 5.32 Å². The Bertz CT molecular complexity index is 480. The van der Waals surface area contributed by atoms with Crippen molar-refractivity contribution in [1.29, 1.82) is 0 Å². The minimum atomic E-state index is 0.182. The lowest BCUT2D eigenvalue weighted by Crippen LogP contribution is -2.36. The molecule has 0 bridgehead atoms. The lowest BCUT2D eigenvalue weighted by Gasteiger charge is -2.15. The van der Waals surface area contributed by atoms with Crippen LogP contribution >= 0.6 is 11.8 Å². The SMILES string of the molecule is OCC(CSc1nnc(C2CC2)n1C1CC1)NC1CC1. The van der Waals surface area contributed by atoms with Crippen LogP contribution in [0, 0.1) is 0 Å². The Hall–Kier alpha value is -0.590. The summed E-state index contributed by atoms with van der Waals surface area (Å²) >= 11 is 1.75. The standard InChI is InChI=1S/C14H22N4OS/c19-7-11(15-10-3-4-10)8-20-14-17-16-13(9-1-2-9)18(14)12-5-6-12/h9-12,15,19H,1-8H2. The molecule has 0 aromatic carbocycles. The molecule has 5 nitrogen and oxygen atoms in total. The molecule has 3 aliphatic carbocycles. The van der Waals surface area contributed by atoms with Crippen LogP contribution in [0.2, 0.25) is 0 Å². The molecule has 1 unspecified atom stereocenters. The number of aliphatic hydroxyl groups is 1. The predicted molar refractivity (Wildman–Crippen MR) is 78.0 cm³/mol. The average molecular weight is 294 g/mol. The van der Waals surface area contributed by atoms with E-state index >= 15 is 0 Å². The Balaban J connectivity index is 1.42. The van der Waals surface area contributed by atoms with E-state index in [-0.39, 0.29) is 12.6 Å². The third-order valence-electron chi connectivity index (χ3n) is 4.23. The summed E-state index contributed by atoms with van der Waals surface area (Å²) in [5.41, 5.74) is 0. The second-order valence-corrected chi connectivity index (χ2v) is 7.33. The average Bonchev–Trinajstić information content (AvgIpc) is 3.32. The topological polar surface area (TPSA) is 63.0 Å². The van der Waals surface area contributed by atoms with Gasteiger partial charge in [-0.15, -0.1) is 10.2 Å². The molecule has 0 aliphatic heterocycles. The number of thioether (sulfide) groups is 1. The van der Waals surface area contributed by atoms with Gasteiger partial charge in [-0.1, -0.05) is 11.8 Å². The molecule has 3 fully saturated rings. The summed E-state index contributed by atoms with van der Waals surface area (Å²) in [5, 5.41) is 22.8. The van der Waals surface area contributed by atoms with Crippen LogP contribution in [0.25, 0.3) is 0 Å². The monoisotopic (exact) mass is 294 g/mol. The molecule has 4 rings (SSSR count). The molecule has 1 aromatic heterocycles. The van der Waals surface area contributed by atoms with Crippen molar-refractivity contribution in [2.24, 2.45) is 0 Å². The highest BCUT2D eigenvalue weighted by Crippen LogP contribution is 2.46. The van der Waals surface area contributed by atoms with E-state index in [1.165, 1.54) is 44.3 Å². The first-order valence-corrected chi connectivity index (χ1v) is 8.78. The van der Waals surface area contributed by atoms with E-state index in [1.807, 2.05) is 0 Å². The summed E-state index contributed by atoms with van der Waals surface area (Å²) in [7, 11) is 0. The fourth-order valence-corrected chi connectivity index (χ4v) is 3.63. The first-order valence-electron chi connectivity index (χ1n) is 7.79. The van der Waals surface area contributed by atoms with Gasteiger partial charge in [0.05, 0.1) is 6.61 Å². The van der Waals surface area contributed by atoms with Crippen LogP contribution in [-0.4, -0.2) is 44.3 Å². The van der Waals surface area contributed by atoms with Crippen molar-refractivity contribution in [1.82, 2.24) is 20.1 Å². The Morgan fingerprint density at radius 1 is 1.20 bits per heavy atom. The van der Waals surface area contributed by atoms with Crippen molar-refractivity contribution >= 4 is 11.8 Å². The van der Waals surface area contributed by atoms with Gasteiger partial charge in [-0.05, 0) is 38.5 Å². The molecule has 1 atom stereocenters. The van der Waals surface area contributed by atoms with E-state index in [1.54, 1.807) is 11.8 Å². The summed E-state index contributed by atoms with van der Waals surface area (Å²) < 4.78 is 2.38. The van der Waals surface area contributed by atoms with E-state index in [9.17, 15) is 5.11 Å². The zero-order valence-corrected chi connectivity index (χ0v) is 12.5. The number of hydrogen-bond donors (Lipinski definition) is 2. The van der Waals surface area contributed by atoms with Gasteiger partial charge >= 0.3 is 0 Å². The molecule has 6 heteroatoms. The highest BCUT2D eigenvalue weighted by atomic mass is 32.2. The van der Waals surface area contributed by atoms with Gasteiger partial charge in [-0.25, -0.2) is 0 Å². The van der Waals surface area contributed by atoms with Crippen LogP contribution in [0.15, 0.2) is 5.16 Å². The smallest absolute Gasteiger partial charge is 0.191 e. The summed E-state index contributed by atoms with van der Waals surface area (Å²) in [4.78, 5) is 0. The van der Waals surface area contributed by atoms with Crippen molar-refractivity contribution < 1.29 is 5.11 Å². The van der Waals surface area contributed by atoms with Crippen LogP contribution in [-0.2, 0) is 0 Å². The van der Waals surface area contributed by atoms with Crippen LogP contribution in [0.1, 0.15) is 56.3 Å². The van der Waals surface area contributed by atoms with E-state index in [2.05, 4.69) is 20.1 Å². The molecular formula is C14H22N4OS. The van der Waals surface area contributed by atoms with E-state index in [0.717, 1.165) is 10.9 Å². The molecular weight excluding hydrogens is 272 g/mol. The summed E-state index contributed by atoms with van der Waals surface area (Å²) in [6.07, 6.45) is 7.61. The van der Waals surface area contributed by atoms with Crippen LogP contribution in [0.4, 0.5) is 0 Å². The normalized spacial score (nSPS) is 24.1. The van der Waals surface area contributed by atoms with Gasteiger partial charge in [0.1, 0.15) is 5.82 Å². The fraction of sp³-hybridized carbons (Fsp3) is 0.857. The molecule has 0 radical (unpaired) electrons. The second kappa shape index (κ2) is 5.31. The highest BCUT2D eigenvalue weighted by molar-refractivity contribution is 7.99. The van der Waals surface area contributed by atoms with Crippen molar-refractivity contribution in [3.05, 3.63) is 5.82 Å². The number of nitrogens with one attached hydrogen (secondary N) is 1. The van der Waals surface area contributed by atoms with E-state index in [0.29, 0.717) is 18.0 Å². The minimum absolute atomic E-state index is 0.182. The number of nitrogens with zero attached hydrogens (tertiary/aromatic N) is 3. The number of aromatic nitrogens is 3. The molecule has 0 amide bonds. The molecule has 1 heterocycles. The first-order chi connectivity index (χ1) is 9.85. The van der Waals surface area contributed by atoms with Crippen LogP contribution in [0.3, 0.4) is 0 Å². The molecule has 110 valence electrons. The van der Waals surface area contributed by atoms with Crippen molar-refractivity contribution in [3.8, 4) is 0 Å². The molecule has 20 heavy (non-hydrogen) atoms. The minimum Gasteiger partial charge on any atom is -0.395 e. The van der Waals surface area contributed by atoms with Crippen molar-refractivity contribution in [2.75, 3.05) is 12.4 Å². The summed E-state index contributed by atoms with van der Waals surface area (Å²) in [6.45, 7) is 0.205. The van der Waals surface area contributed by atoms with E-state index in [4.69, 9.17) is 0 Å². The zero-order valence-electron chi connectivity index (χ0n) is 11.7. The maximum atomic E-state index is 9.46. The molecule has 3 saturated carbocycles. The van der Waals surface area contributed by atoms with E-state index < -0.39 is 0 Å². The quantitative estimate of drug-likeness (QED) is 0.715. The summed E-state index contributed by atoms with van der Waals surface area (Å²) in [6, 6.07) is 1.46. The number of aliphatic hydroxyl groups excluding tert-OH is 1. The van der Waals surface area contributed by atoms with Gasteiger partial charge in [0.15, 0.2) is 5.16 Å². The third-order valence-corrected chi connectivity index (χ3v) is 5.33. The third kappa shape index (κ3) is 2.87. The predicted octanol–water partition coefficient (Wildman–Crippen LogP) is 1.70. The van der Waals surface area contributed by atoms with Crippen LogP contribution in [0.5, 0.6) is 0 Å². The van der Waals surface area contributed by atoms with Crippen molar-refractivity contribution in [3.63, 3.8) is 0 Å². The Labute approximate surface area is 123 Å². The molecule has 2 N–H and O–H groups in total. The van der Waals surface area contributed by atoms with Gasteiger partial charge < -0.3 is 15.0 Å². The lowest BCUT2D eigenvalue weighted by molar-refractivity contribution is 0.253. The van der Waals surface area contributed by atoms with Gasteiger partial charge in [-0.3, -0.25) is 0 Å². The molecule has 3 aliphatic rings. The van der Waals surface area contributed by atoms with Gasteiger partial charge in [0.25, 0.3) is 0 Å². The second-order valence-electron chi connectivity index (χ2n) is 6.35. The van der Waals surface area contributed by atoms with Gasteiger partial charge in [0.2, 0.25) is 0 Å². The van der Waals surface area contributed by atoms with Gasteiger partial charge in [0, 0.05) is 29.8 Å². The largest absolute Gasteiger partial charge is 0.395 e. The fourth-order valence-electron chi connectivity index (χ4n) is 2.59. The first kappa shape index (κ1) is 13.1. The number of rotatable bonds is 8. The Kier molecular flexibility index (Phi) is 3.48. The van der Waals surface area contributed by atoms with Gasteiger partial charge in [-0.2, -0.15) is 0 Å². The molecule has 1 aromatic rings. The highest BCUT2D eigenvalue weighted by Gasteiger charge is 2.36. The Morgan fingerprint density at radius 2 is 2.00 bits per heavy atom. The summed E-state index contributed by atoms with van der Waals surface area (Å²) in [5.74, 6) is 2.75. The number of hydrogen-bond acceptors (Lipinski definition) is 5. The zero-order chi connectivity index (χ0) is 13.5. The maximum Gasteiger partial charge on any atom is 0.191 e. The Morgan fingerprint density at radius 3 is 2.60 bits per heavy atom. The molecule has 0 saturated heterocycles. The molecule has 0 spiro atoms. The lowest BCUT2D eigenvalue weighted by atomic mass is 10.3. The maximum absolute atomic E-state index is 9.46.